The second kappa shape index (κ2) is 5.72. The van der Waals surface area contributed by atoms with E-state index in [9.17, 15) is 8.42 Å². The van der Waals surface area contributed by atoms with Gasteiger partial charge in [-0.3, -0.25) is 9.12 Å². The summed E-state index contributed by atoms with van der Waals surface area (Å²) in [4.78, 5) is -0.184. The van der Waals surface area contributed by atoms with E-state index in [1.54, 1.807) is 17.6 Å². The van der Waals surface area contributed by atoms with Crippen molar-refractivity contribution in [3.63, 3.8) is 0 Å². The first-order chi connectivity index (χ1) is 7.89. The molecule has 0 bridgehead atoms. The number of rotatable bonds is 2. The van der Waals surface area contributed by atoms with Crippen LogP contribution in [0.4, 0.5) is 0 Å². The minimum atomic E-state index is -4.22. The molecule has 2 rings (SSSR count). The molecular formula is C9H10N3NaO3S2. The molecule has 0 saturated carbocycles. The maximum atomic E-state index is 11.0. The number of hydrogen-bond acceptors (Lipinski definition) is 5. The van der Waals surface area contributed by atoms with E-state index < -0.39 is 10.1 Å². The van der Waals surface area contributed by atoms with Crippen molar-refractivity contribution in [2.45, 2.75) is 17.0 Å². The van der Waals surface area contributed by atoms with Gasteiger partial charge in [0.2, 0.25) is 0 Å². The Morgan fingerprint density at radius 3 is 2.50 bits per heavy atom. The normalized spacial score (nSPS) is 11.1. The first-order valence-electron chi connectivity index (χ1n) is 4.58. The van der Waals surface area contributed by atoms with Gasteiger partial charge in [0.05, 0.1) is 10.6 Å². The van der Waals surface area contributed by atoms with E-state index in [0.29, 0.717) is 16.7 Å². The molecule has 0 radical (unpaired) electrons. The van der Waals surface area contributed by atoms with Crippen molar-refractivity contribution in [3.8, 4) is 5.69 Å². The second-order valence-corrected chi connectivity index (χ2v) is 5.18. The number of aromatic nitrogens is 3. The van der Waals surface area contributed by atoms with Crippen molar-refractivity contribution in [1.82, 2.24) is 14.8 Å². The molecule has 1 N–H and O–H groups in total. The third-order valence-electron chi connectivity index (χ3n) is 2.18. The van der Waals surface area contributed by atoms with Gasteiger partial charge < -0.3 is 0 Å². The average molecular weight is 295 g/mol. The number of thiol groups is 1. The Hall–Kier alpha value is -0.380. The van der Waals surface area contributed by atoms with Crippen molar-refractivity contribution in [3.05, 3.63) is 30.1 Å². The molecule has 0 aliphatic carbocycles. The molecule has 0 aliphatic heterocycles. The van der Waals surface area contributed by atoms with Gasteiger partial charge in [-0.15, -0.1) is 22.8 Å². The van der Waals surface area contributed by atoms with E-state index in [-0.39, 0.29) is 34.5 Å². The van der Waals surface area contributed by atoms with E-state index >= 15 is 0 Å². The van der Waals surface area contributed by atoms with Gasteiger partial charge in [-0.1, -0.05) is 6.07 Å². The van der Waals surface area contributed by atoms with Gasteiger partial charge in [0.15, 0.2) is 5.16 Å². The third-order valence-corrected chi connectivity index (χ3v) is 3.32. The molecule has 0 saturated heterocycles. The van der Waals surface area contributed by atoms with Crippen molar-refractivity contribution in [1.29, 1.82) is 0 Å². The fourth-order valence-corrected chi connectivity index (χ4v) is 2.26. The molecule has 18 heavy (non-hydrogen) atoms. The van der Waals surface area contributed by atoms with Gasteiger partial charge in [0.1, 0.15) is 5.82 Å². The van der Waals surface area contributed by atoms with Gasteiger partial charge in [0, 0.05) is 0 Å². The van der Waals surface area contributed by atoms with E-state index in [1.165, 1.54) is 18.2 Å². The fourth-order valence-electron chi connectivity index (χ4n) is 1.44. The Morgan fingerprint density at radius 2 is 2.00 bits per heavy atom. The summed E-state index contributed by atoms with van der Waals surface area (Å²) in [5.74, 6) is 0.572. The summed E-state index contributed by atoms with van der Waals surface area (Å²) in [6.07, 6.45) is 0. The Morgan fingerprint density at radius 1 is 1.33 bits per heavy atom. The molecule has 0 unspecified atom stereocenters. The summed E-state index contributed by atoms with van der Waals surface area (Å²) in [6.45, 7) is 1.72. The standard InChI is InChI=1S/C9H9N3O3S2.Na.H/c1-6-10-11-9(16)12(6)7-3-2-4-8(5-7)17(13,14)15;;/h2-5H,1H3,(H,11,16)(H,13,14,15);;. The van der Waals surface area contributed by atoms with Gasteiger partial charge >= 0.3 is 29.6 Å². The molecule has 2 aromatic rings. The monoisotopic (exact) mass is 295 g/mol. The number of nitrogens with zero attached hydrogens (tertiary/aromatic N) is 3. The van der Waals surface area contributed by atoms with Crippen molar-refractivity contribution >= 4 is 52.3 Å². The van der Waals surface area contributed by atoms with Crippen LogP contribution in [0, 0.1) is 6.92 Å². The molecule has 9 heteroatoms. The SMILES string of the molecule is Cc1nnc(S)n1-c1cccc(S(=O)(=O)O)c1.[NaH]. The zero-order chi connectivity index (χ0) is 12.6. The van der Waals surface area contributed by atoms with Crippen LogP contribution in [0.1, 0.15) is 5.82 Å². The molecule has 0 fully saturated rings. The molecule has 0 atom stereocenters. The summed E-state index contributed by atoms with van der Waals surface area (Å²) >= 11 is 4.11. The second-order valence-electron chi connectivity index (χ2n) is 3.36. The van der Waals surface area contributed by atoms with Crippen LogP contribution < -0.4 is 0 Å². The molecule has 6 nitrogen and oxygen atoms in total. The van der Waals surface area contributed by atoms with Gasteiger partial charge in [-0.25, -0.2) is 0 Å². The molecule has 0 aliphatic rings. The Labute approximate surface area is 132 Å². The van der Waals surface area contributed by atoms with Crippen LogP contribution >= 0.6 is 12.6 Å². The van der Waals surface area contributed by atoms with Gasteiger partial charge in [0.25, 0.3) is 10.1 Å². The molecule has 92 valence electrons. The number of hydrogen-bond donors (Lipinski definition) is 2. The number of aryl methyl sites for hydroxylation is 1. The molecular weight excluding hydrogens is 285 g/mol. The van der Waals surface area contributed by atoms with Crippen LogP contribution in [0.25, 0.3) is 5.69 Å². The summed E-state index contributed by atoms with van der Waals surface area (Å²) in [7, 11) is -4.22. The van der Waals surface area contributed by atoms with E-state index in [1.807, 2.05) is 0 Å². The van der Waals surface area contributed by atoms with Crippen molar-refractivity contribution in [2.75, 3.05) is 0 Å². The Balaban J connectivity index is 0.00000162. The van der Waals surface area contributed by atoms with Gasteiger partial charge in [-0.05, 0) is 25.1 Å². The summed E-state index contributed by atoms with van der Waals surface area (Å²) in [5.41, 5.74) is 0.521. The summed E-state index contributed by atoms with van der Waals surface area (Å²) in [5, 5.41) is 7.90. The fraction of sp³-hybridized carbons (Fsp3) is 0.111. The van der Waals surface area contributed by atoms with E-state index in [4.69, 9.17) is 4.55 Å². The molecule has 0 amide bonds. The summed E-state index contributed by atoms with van der Waals surface area (Å²) in [6, 6.07) is 5.82. The molecule has 1 heterocycles. The zero-order valence-electron chi connectivity index (χ0n) is 8.77. The molecule has 1 aromatic carbocycles. The van der Waals surface area contributed by atoms with Crippen LogP contribution in [0.5, 0.6) is 0 Å². The predicted molar refractivity (Wildman–Crippen MR) is 70.3 cm³/mol. The van der Waals surface area contributed by atoms with Crippen LogP contribution in [-0.4, -0.2) is 57.3 Å². The zero-order valence-corrected chi connectivity index (χ0v) is 10.5. The minimum absolute atomic E-state index is 0. The molecule has 0 spiro atoms. The summed E-state index contributed by atoms with van der Waals surface area (Å²) < 4.78 is 32.6. The van der Waals surface area contributed by atoms with Crippen LogP contribution in [0.15, 0.2) is 34.3 Å². The average Bonchev–Trinajstić information content (AvgIpc) is 2.57. The van der Waals surface area contributed by atoms with Crippen molar-refractivity contribution < 1.29 is 13.0 Å². The van der Waals surface area contributed by atoms with E-state index in [0.717, 1.165) is 0 Å². The quantitative estimate of drug-likeness (QED) is 0.478. The first-order valence-corrected chi connectivity index (χ1v) is 6.47. The van der Waals surface area contributed by atoms with Gasteiger partial charge in [-0.2, -0.15) is 8.42 Å². The van der Waals surface area contributed by atoms with Crippen molar-refractivity contribution in [2.24, 2.45) is 0 Å². The topological polar surface area (TPSA) is 85.1 Å². The van der Waals surface area contributed by atoms with Crippen LogP contribution in [-0.2, 0) is 10.1 Å². The Kier molecular flexibility index (Phi) is 4.98. The third kappa shape index (κ3) is 3.14. The van der Waals surface area contributed by atoms with Crippen LogP contribution in [0.3, 0.4) is 0 Å². The predicted octanol–water partition coefficient (Wildman–Crippen LogP) is 0.463. The number of benzene rings is 1. The van der Waals surface area contributed by atoms with E-state index in [2.05, 4.69) is 22.8 Å². The van der Waals surface area contributed by atoms with Crippen LogP contribution in [0.2, 0.25) is 0 Å². The maximum absolute atomic E-state index is 11.0. The first kappa shape index (κ1) is 15.7. The molecule has 1 aromatic heterocycles. The Bertz CT molecular complexity index is 650.